The highest BCUT2D eigenvalue weighted by Gasteiger charge is 2.11. The lowest BCUT2D eigenvalue weighted by atomic mass is 10.3. The quantitative estimate of drug-likeness (QED) is 0.832. The van der Waals surface area contributed by atoms with Crippen LogP contribution in [0.2, 0.25) is 0 Å². The Morgan fingerprint density at radius 1 is 1.37 bits per heavy atom. The van der Waals surface area contributed by atoms with Crippen LogP contribution in [-0.2, 0) is 0 Å². The first-order chi connectivity index (χ1) is 9.33. The van der Waals surface area contributed by atoms with Crippen molar-refractivity contribution in [3.05, 3.63) is 18.2 Å². The molecule has 1 fully saturated rings. The number of nitrogens with one attached hydrogen (secondary N) is 1. The van der Waals surface area contributed by atoms with E-state index in [0.717, 1.165) is 24.2 Å². The summed E-state index contributed by atoms with van der Waals surface area (Å²) in [5.74, 6) is 2.47. The Hall–Kier alpha value is -1.40. The molecular weight excluding hydrogens is 260 g/mol. The van der Waals surface area contributed by atoms with Gasteiger partial charge in [-0.15, -0.1) is 0 Å². The summed E-state index contributed by atoms with van der Waals surface area (Å²) in [6, 6.07) is 6.14. The molecule has 6 heteroatoms. The lowest BCUT2D eigenvalue weighted by molar-refractivity contribution is 0.314. The lowest BCUT2D eigenvalue weighted by Gasteiger charge is -2.25. The number of oxazole rings is 1. The molecule has 1 aromatic heterocycles. The second-order valence-electron chi connectivity index (χ2n) is 4.59. The van der Waals surface area contributed by atoms with Gasteiger partial charge >= 0.3 is 0 Å². The summed E-state index contributed by atoms with van der Waals surface area (Å²) in [6.07, 6.45) is 0. The maximum Gasteiger partial charge on any atom is 0.295 e. The third-order valence-electron chi connectivity index (χ3n) is 3.26. The number of anilines is 2. The molecule has 0 saturated carbocycles. The summed E-state index contributed by atoms with van der Waals surface area (Å²) < 4.78 is 5.61. The van der Waals surface area contributed by atoms with Gasteiger partial charge in [0.05, 0.1) is 5.69 Å². The minimum atomic E-state index is 0.555. The Kier molecular flexibility index (Phi) is 3.79. The van der Waals surface area contributed by atoms with Crippen LogP contribution in [0.25, 0.3) is 11.1 Å². The number of aromatic nitrogens is 1. The standard InChI is InChI=1S/C13H18N4OS/c14-10-2-1-3-11-12(10)16-13(18-11)15-4-5-17-6-8-19-9-7-17/h1-3H,4-9,14H2,(H,15,16). The number of hydrogen-bond donors (Lipinski definition) is 2. The fourth-order valence-electron chi connectivity index (χ4n) is 2.19. The molecule has 2 heterocycles. The van der Waals surface area contributed by atoms with Gasteiger partial charge in [-0.1, -0.05) is 6.07 Å². The van der Waals surface area contributed by atoms with E-state index in [2.05, 4.69) is 15.2 Å². The Morgan fingerprint density at radius 3 is 3.00 bits per heavy atom. The number of para-hydroxylation sites is 1. The van der Waals surface area contributed by atoms with Gasteiger partial charge in [-0.3, -0.25) is 4.90 Å². The number of fused-ring (bicyclic) bond motifs is 1. The predicted octanol–water partition coefficient (Wildman–Crippen LogP) is 1.87. The zero-order chi connectivity index (χ0) is 13.1. The van der Waals surface area contributed by atoms with Gasteiger partial charge < -0.3 is 15.5 Å². The van der Waals surface area contributed by atoms with E-state index in [0.29, 0.717) is 11.7 Å². The molecule has 1 aromatic carbocycles. The third-order valence-corrected chi connectivity index (χ3v) is 4.20. The lowest BCUT2D eigenvalue weighted by Crippen LogP contribution is -2.36. The Bertz CT molecular complexity index is 551. The average Bonchev–Trinajstić information content (AvgIpc) is 2.84. The number of nitrogens with two attached hydrogens (primary N) is 1. The fraction of sp³-hybridized carbons (Fsp3) is 0.462. The van der Waals surface area contributed by atoms with Gasteiger partial charge in [-0.25, -0.2) is 0 Å². The number of thioether (sulfide) groups is 1. The van der Waals surface area contributed by atoms with Crippen LogP contribution in [-0.4, -0.2) is 47.6 Å². The van der Waals surface area contributed by atoms with Crippen molar-refractivity contribution < 1.29 is 4.42 Å². The molecule has 5 nitrogen and oxygen atoms in total. The van der Waals surface area contributed by atoms with Gasteiger partial charge in [0.1, 0.15) is 5.52 Å². The SMILES string of the molecule is Nc1cccc2oc(NCCN3CCSCC3)nc12. The highest BCUT2D eigenvalue weighted by atomic mass is 32.2. The van der Waals surface area contributed by atoms with Gasteiger partial charge in [0.25, 0.3) is 6.01 Å². The van der Waals surface area contributed by atoms with E-state index in [4.69, 9.17) is 10.2 Å². The number of rotatable bonds is 4. The molecular formula is C13H18N4OS. The zero-order valence-electron chi connectivity index (χ0n) is 10.8. The molecule has 102 valence electrons. The van der Waals surface area contributed by atoms with E-state index in [1.807, 2.05) is 30.0 Å². The van der Waals surface area contributed by atoms with Crippen molar-refractivity contribution in [2.45, 2.75) is 0 Å². The summed E-state index contributed by atoms with van der Waals surface area (Å²) in [5, 5.41) is 3.23. The molecule has 3 rings (SSSR count). The second kappa shape index (κ2) is 5.71. The molecule has 19 heavy (non-hydrogen) atoms. The Balaban J connectivity index is 1.57. The van der Waals surface area contributed by atoms with E-state index >= 15 is 0 Å². The van der Waals surface area contributed by atoms with Crippen LogP contribution in [0.5, 0.6) is 0 Å². The molecule has 0 radical (unpaired) electrons. The minimum absolute atomic E-state index is 0.555. The van der Waals surface area contributed by atoms with E-state index in [1.165, 1.54) is 24.6 Å². The van der Waals surface area contributed by atoms with Crippen molar-refractivity contribution in [3.8, 4) is 0 Å². The molecule has 1 aliphatic rings. The van der Waals surface area contributed by atoms with Gasteiger partial charge in [-0.05, 0) is 12.1 Å². The first-order valence-corrected chi connectivity index (χ1v) is 7.67. The smallest absolute Gasteiger partial charge is 0.295 e. The van der Waals surface area contributed by atoms with Crippen LogP contribution in [0.4, 0.5) is 11.7 Å². The van der Waals surface area contributed by atoms with Crippen molar-refractivity contribution in [1.29, 1.82) is 0 Å². The highest BCUT2D eigenvalue weighted by Crippen LogP contribution is 2.23. The highest BCUT2D eigenvalue weighted by molar-refractivity contribution is 7.99. The van der Waals surface area contributed by atoms with Crippen LogP contribution >= 0.6 is 11.8 Å². The first kappa shape index (κ1) is 12.6. The second-order valence-corrected chi connectivity index (χ2v) is 5.82. The summed E-state index contributed by atoms with van der Waals surface area (Å²) in [5.41, 5.74) is 7.98. The van der Waals surface area contributed by atoms with Crippen molar-refractivity contribution >= 4 is 34.6 Å². The molecule has 0 bridgehead atoms. The molecule has 3 N–H and O–H groups in total. The predicted molar refractivity (Wildman–Crippen MR) is 80.7 cm³/mol. The topological polar surface area (TPSA) is 67.3 Å². The van der Waals surface area contributed by atoms with E-state index in [-0.39, 0.29) is 0 Å². The number of benzene rings is 1. The normalized spacial score (nSPS) is 16.8. The van der Waals surface area contributed by atoms with Crippen LogP contribution in [0.15, 0.2) is 22.6 Å². The summed E-state index contributed by atoms with van der Waals surface area (Å²) >= 11 is 2.03. The van der Waals surface area contributed by atoms with Crippen molar-refractivity contribution in [1.82, 2.24) is 9.88 Å². The molecule has 0 aliphatic carbocycles. The van der Waals surface area contributed by atoms with Gasteiger partial charge in [-0.2, -0.15) is 16.7 Å². The zero-order valence-corrected chi connectivity index (χ0v) is 11.6. The number of nitrogen functional groups attached to an aromatic ring is 1. The molecule has 0 spiro atoms. The number of hydrogen-bond acceptors (Lipinski definition) is 6. The van der Waals surface area contributed by atoms with Gasteiger partial charge in [0.2, 0.25) is 0 Å². The van der Waals surface area contributed by atoms with Crippen molar-refractivity contribution in [2.24, 2.45) is 0 Å². The maximum absolute atomic E-state index is 5.85. The van der Waals surface area contributed by atoms with Crippen LogP contribution in [0, 0.1) is 0 Å². The van der Waals surface area contributed by atoms with Gasteiger partial charge in [0, 0.05) is 37.7 Å². The summed E-state index contributed by atoms with van der Waals surface area (Å²) in [4.78, 5) is 6.83. The van der Waals surface area contributed by atoms with E-state index in [1.54, 1.807) is 0 Å². The van der Waals surface area contributed by atoms with E-state index < -0.39 is 0 Å². The summed E-state index contributed by atoms with van der Waals surface area (Å²) in [7, 11) is 0. The molecule has 0 atom stereocenters. The molecule has 1 saturated heterocycles. The minimum Gasteiger partial charge on any atom is -0.423 e. The Labute approximate surface area is 116 Å². The first-order valence-electron chi connectivity index (χ1n) is 6.52. The molecule has 1 aliphatic heterocycles. The monoisotopic (exact) mass is 278 g/mol. The number of nitrogens with zero attached hydrogens (tertiary/aromatic N) is 2. The molecule has 2 aromatic rings. The van der Waals surface area contributed by atoms with Gasteiger partial charge in [0.15, 0.2) is 5.58 Å². The average molecular weight is 278 g/mol. The third kappa shape index (κ3) is 2.96. The van der Waals surface area contributed by atoms with Crippen LogP contribution < -0.4 is 11.1 Å². The fourth-order valence-corrected chi connectivity index (χ4v) is 3.17. The summed E-state index contributed by atoms with van der Waals surface area (Å²) in [6.45, 7) is 4.21. The Morgan fingerprint density at radius 2 is 2.21 bits per heavy atom. The largest absolute Gasteiger partial charge is 0.423 e. The van der Waals surface area contributed by atoms with Crippen molar-refractivity contribution in [3.63, 3.8) is 0 Å². The van der Waals surface area contributed by atoms with Crippen LogP contribution in [0.1, 0.15) is 0 Å². The molecule has 0 amide bonds. The van der Waals surface area contributed by atoms with Crippen molar-refractivity contribution in [2.75, 3.05) is 48.7 Å². The van der Waals surface area contributed by atoms with E-state index in [9.17, 15) is 0 Å². The maximum atomic E-state index is 5.85. The molecule has 0 unspecified atom stereocenters. The van der Waals surface area contributed by atoms with Crippen LogP contribution in [0.3, 0.4) is 0 Å².